The number of amides is 2. The molecule has 2 aliphatic rings. The summed E-state index contributed by atoms with van der Waals surface area (Å²) < 4.78 is 0. The molecule has 4 nitrogen and oxygen atoms in total. The molecule has 1 aliphatic carbocycles. The summed E-state index contributed by atoms with van der Waals surface area (Å²) in [5.41, 5.74) is 0. The van der Waals surface area contributed by atoms with Crippen molar-refractivity contribution in [1.82, 2.24) is 15.5 Å². The second kappa shape index (κ2) is 7.30. The van der Waals surface area contributed by atoms with Gasteiger partial charge in [0.2, 0.25) is 0 Å². The van der Waals surface area contributed by atoms with Crippen LogP contribution in [0.25, 0.3) is 0 Å². The Balaban J connectivity index is 1.92. The predicted molar refractivity (Wildman–Crippen MR) is 82.8 cm³/mol. The maximum atomic E-state index is 12.6. The minimum atomic E-state index is 0.163. The van der Waals surface area contributed by atoms with Gasteiger partial charge in [-0.25, -0.2) is 4.79 Å². The Bertz CT molecular complexity index is 313. The maximum Gasteiger partial charge on any atom is 0.317 e. The number of carbonyl (C=O) groups is 1. The zero-order chi connectivity index (χ0) is 14.5. The first-order valence-electron chi connectivity index (χ1n) is 8.36. The van der Waals surface area contributed by atoms with Crippen LogP contribution in [0.5, 0.6) is 0 Å². The molecule has 1 saturated carbocycles. The quantitative estimate of drug-likeness (QED) is 0.835. The lowest BCUT2D eigenvalue weighted by Gasteiger charge is -2.41. The van der Waals surface area contributed by atoms with Gasteiger partial charge in [-0.05, 0) is 32.1 Å². The third kappa shape index (κ3) is 4.37. The van der Waals surface area contributed by atoms with Crippen LogP contribution in [-0.2, 0) is 0 Å². The second-order valence-electron chi connectivity index (χ2n) is 7.03. The Morgan fingerprint density at radius 1 is 1.30 bits per heavy atom. The topological polar surface area (TPSA) is 44.4 Å². The van der Waals surface area contributed by atoms with Crippen LogP contribution in [-0.4, -0.2) is 42.1 Å². The summed E-state index contributed by atoms with van der Waals surface area (Å²) in [6.45, 7) is 8.38. The third-order valence-electron chi connectivity index (χ3n) is 4.55. The van der Waals surface area contributed by atoms with Gasteiger partial charge in [0.05, 0.1) is 0 Å². The molecular formula is C16H31N3O. The fourth-order valence-corrected chi connectivity index (χ4v) is 3.46. The van der Waals surface area contributed by atoms with E-state index in [-0.39, 0.29) is 6.03 Å². The lowest BCUT2D eigenvalue weighted by Crippen LogP contribution is -2.60. The van der Waals surface area contributed by atoms with Crippen LogP contribution in [0.3, 0.4) is 0 Å². The Morgan fingerprint density at radius 2 is 2.00 bits per heavy atom. The summed E-state index contributed by atoms with van der Waals surface area (Å²) in [6.07, 6.45) is 7.24. The molecule has 2 fully saturated rings. The molecule has 0 aromatic carbocycles. The van der Waals surface area contributed by atoms with E-state index in [1.165, 1.54) is 19.3 Å². The van der Waals surface area contributed by atoms with Crippen LogP contribution >= 0.6 is 0 Å². The molecule has 0 aromatic rings. The number of carbonyl (C=O) groups excluding carboxylic acids is 1. The lowest BCUT2D eigenvalue weighted by molar-refractivity contribution is 0.128. The van der Waals surface area contributed by atoms with Gasteiger partial charge in [-0.15, -0.1) is 0 Å². The average Bonchev–Trinajstić information content (AvgIpc) is 2.41. The lowest BCUT2D eigenvalue weighted by atomic mass is 9.95. The van der Waals surface area contributed by atoms with E-state index in [9.17, 15) is 4.79 Å². The standard InChI is InChI=1S/C16H31N3O/c1-12(2)9-15-10-17-13(3)11-19(15)16(20)18-14-7-5-4-6-8-14/h12-15,17H,4-11H2,1-3H3,(H,18,20). The van der Waals surface area contributed by atoms with Crippen molar-refractivity contribution >= 4 is 6.03 Å². The molecule has 2 atom stereocenters. The van der Waals surface area contributed by atoms with Crippen molar-refractivity contribution in [1.29, 1.82) is 0 Å². The summed E-state index contributed by atoms with van der Waals surface area (Å²) in [4.78, 5) is 14.7. The first-order chi connectivity index (χ1) is 9.56. The average molecular weight is 281 g/mol. The molecule has 116 valence electrons. The number of rotatable bonds is 3. The van der Waals surface area contributed by atoms with E-state index in [4.69, 9.17) is 0 Å². The van der Waals surface area contributed by atoms with E-state index < -0.39 is 0 Å². The zero-order valence-corrected chi connectivity index (χ0v) is 13.3. The van der Waals surface area contributed by atoms with Crippen LogP contribution in [0.4, 0.5) is 4.79 Å². The molecule has 1 saturated heterocycles. The third-order valence-corrected chi connectivity index (χ3v) is 4.55. The molecular weight excluding hydrogens is 250 g/mol. The van der Waals surface area contributed by atoms with E-state index in [1.807, 2.05) is 0 Å². The SMILES string of the molecule is CC(C)CC1CNC(C)CN1C(=O)NC1CCCCC1. The zero-order valence-electron chi connectivity index (χ0n) is 13.3. The first-order valence-corrected chi connectivity index (χ1v) is 8.36. The van der Waals surface area contributed by atoms with Crippen LogP contribution < -0.4 is 10.6 Å². The van der Waals surface area contributed by atoms with E-state index in [0.717, 1.165) is 32.4 Å². The smallest absolute Gasteiger partial charge is 0.317 e. The van der Waals surface area contributed by atoms with Crippen molar-refractivity contribution in [3.05, 3.63) is 0 Å². The van der Waals surface area contributed by atoms with Gasteiger partial charge in [-0.3, -0.25) is 0 Å². The summed E-state index contributed by atoms with van der Waals surface area (Å²) in [5, 5.41) is 6.78. The van der Waals surface area contributed by atoms with Crippen LogP contribution in [0.15, 0.2) is 0 Å². The Hall–Kier alpha value is -0.770. The van der Waals surface area contributed by atoms with Gasteiger partial charge < -0.3 is 15.5 Å². The Kier molecular flexibility index (Phi) is 5.70. The number of urea groups is 1. The van der Waals surface area contributed by atoms with Crippen LogP contribution in [0.1, 0.15) is 59.3 Å². The van der Waals surface area contributed by atoms with Crippen molar-refractivity contribution in [3.63, 3.8) is 0 Å². The van der Waals surface area contributed by atoms with Crippen molar-refractivity contribution in [3.8, 4) is 0 Å². The molecule has 2 amide bonds. The van der Waals surface area contributed by atoms with Gasteiger partial charge in [-0.1, -0.05) is 33.1 Å². The number of piperazine rings is 1. The largest absolute Gasteiger partial charge is 0.335 e. The normalized spacial score (nSPS) is 28.7. The van der Waals surface area contributed by atoms with Crippen molar-refractivity contribution in [2.75, 3.05) is 13.1 Å². The minimum absolute atomic E-state index is 0.163. The number of nitrogens with zero attached hydrogens (tertiary/aromatic N) is 1. The molecule has 2 unspecified atom stereocenters. The molecule has 0 spiro atoms. The summed E-state index contributed by atoms with van der Waals surface area (Å²) in [6, 6.07) is 1.31. The van der Waals surface area contributed by atoms with Crippen LogP contribution in [0, 0.1) is 5.92 Å². The Labute approximate surface area is 123 Å². The summed E-state index contributed by atoms with van der Waals surface area (Å²) in [5.74, 6) is 0.625. The molecule has 20 heavy (non-hydrogen) atoms. The molecule has 0 radical (unpaired) electrons. The first kappa shape index (κ1) is 15.6. The molecule has 2 rings (SSSR count). The monoisotopic (exact) mass is 281 g/mol. The van der Waals surface area contributed by atoms with Crippen LogP contribution in [0.2, 0.25) is 0 Å². The van der Waals surface area contributed by atoms with Crippen molar-refractivity contribution in [2.45, 2.75) is 77.4 Å². The van der Waals surface area contributed by atoms with Gasteiger partial charge in [0.25, 0.3) is 0 Å². The van der Waals surface area contributed by atoms with Gasteiger partial charge in [-0.2, -0.15) is 0 Å². The maximum absolute atomic E-state index is 12.6. The molecule has 0 bridgehead atoms. The number of hydrogen-bond acceptors (Lipinski definition) is 2. The highest BCUT2D eigenvalue weighted by atomic mass is 16.2. The van der Waals surface area contributed by atoms with Gasteiger partial charge in [0.15, 0.2) is 0 Å². The predicted octanol–water partition coefficient (Wildman–Crippen LogP) is 2.74. The van der Waals surface area contributed by atoms with Crippen molar-refractivity contribution in [2.24, 2.45) is 5.92 Å². The van der Waals surface area contributed by atoms with Gasteiger partial charge >= 0.3 is 6.03 Å². The molecule has 1 aliphatic heterocycles. The highest BCUT2D eigenvalue weighted by Gasteiger charge is 2.31. The van der Waals surface area contributed by atoms with E-state index in [1.54, 1.807) is 0 Å². The van der Waals surface area contributed by atoms with Gasteiger partial charge in [0.1, 0.15) is 0 Å². The Morgan fingerprint density at radius 3 is 2.65 bits per heavy atom. The highest BCUT2D eigenvalue weighted by molar-refractivity contribution is 5.75. The molecule has 1 heterocycles. The van der Waals surface area contributed by atoms with Gasteiger partial charge in [0, 0.05) is 31.2 Å². The number of hydrogen-bond donors (Lipinski definition) is 2. The highest BCUT2D eigenvalue weighted by Crippen LogP contribution is 2.19. The fraction of sp³-hybridized carbons (Fsp3) is 0.938. The fourth-order valence-electron chi connectivity index (χ4n) is 3.46. The molecule has 4 heteroatoms. The second-order valence-corrected chi connectivity index (χ2v) is 7.03. The van der Waals surface area contributed by atoms with Crippen molar-refractivity contribution < 1.29 is 4.79 Å². The summed E-state index contributed by atoms with van der Waals surface area (Å²) in [7, 11) is 0. The number of nitrogens with one attached hydrogen (secondary N) is 2. The van der Waals surface area contributed by atoms with E-state index >= 15 is 0 Å². The molecule has 0 aromatic heterocycles. The summed E-state index contributed by atoms with van der Waals surface area (Å²) >= 11 is 0. The minimum Gasteiger partial charge on any atom is -0.335 e. The molecule has 2 N–H and O–H groups in total. The van der Waals surface area contributed by atoms with E-state index in [0.29, 0.717) is 24.0 Å². The van der Waals surface area contributed by atoms with E-state index in [2.05, 4.69) is 36.3 Å².